The van der Waals surface area contributed by atoms with E-state index in [1.165, 1.54) is 0 Å². The van der Waals surface area contributed by atoms with Crippen LogP contribution in [-0.4, -0.2) is 41.7 Å². The average Bonchev–Trinajstić information content (AvgIpc) is 3.25. The van der Waals surface area contributed by atoms with Gasteiger partial charge >= 0.3 is 0 Å². The van der Waals surface area contributed by atoms with Crippen LogP contribution in [0.15, 0.2) is 18.2 Å². The third-order valence-corrected chi connectivity index (χ3v) is 3.25. The lowest BCUT2D eigenvalue weighted by molar-refractivity contribution is 0.0707. The molecule has 1 aliphatic carbocycles. The molecule has 0 bridgehead atoms. The van der Waals surface area contributed by atoms with Crippen molar-refractivity contribution in [2.24, 2.45) is 5.73 Å². The molecule has 1 amide bonds. The smallest absolute Gasteiger partial charge is 0.254 e. The Bertz CT molecular complexity index is 553. The molecule has 1 aliphatic rings. The van der Waals surface area contributed by atoms with E-state index in [4.69, 9.17) is 10.8 Å². The molecule has 0 atom stereocenters. The van der Waals surface area contributed by atoms with E-state index in [0.29, 0.717) is 18.7 Å². The summed E-state index contributed by atoms with van der Waals surface area (Å²) in [5.41, 5.74) is 7.80. The van der Waals surface area contributed by atoms with Gasteiger partial charge in [0, 0.05) is 23.7 Å². The van der Waals surface area contributed by atoms with Crippen LogP contribution >= 0.6 is 0 Å². The molecular weight excluding hydrogens is 252 g/mol. The average molecular weight is 272 g/mol. The van der Waals surface area contributed by atoms with Gasteiger partial charge in [0.1, 0.15) is 0 Å². The molecule has 20 heavy (non-hydrogen) atoms. The van der Waals surface area contributed by atoms with Gasteiger partial charge in [-0.25, -0.2) is 0 Å². The summed E-state index contributed by atoms with van der Waals surface area (Å²) in [5.74, 6) is 5.73. The van der Waals surface area contributed by atoms with Crippen LogP contribution in [0.25, 0.3) is 0 Å². The van der Waals surface area contributed by atoms with Crippen LogP contribution in [-0.2, 0) is 0 Å². The van der Waals surface area contributed by atoms with Gasteiger partial charge in [0.05, 0.1) is 13.2 Å². The summed E-state index contributed by atoms with van der Waals surface area (Å²) in [5, 5.41) is 9.10. The number of carbonyl (C=O) groups excluding carboxylic acids is 1. The maximum absolute atomic E-state index is 12.5. The monoisotopic (exact) mass is 272 g/mol. The quantitative estimate of drug-likeness (QED) is 0.800. The molecule has 0 unspecified atom stereocenters. The van der Waals surface area contributed by atoms with Gasteiger partial charge in [-0.3, -0.25) is 4.79 Å². The molecular formula is C16H20N2O2. The van der Waals surface area contributed by atoms with E-state index < -0.39 is 0 Å². The summed E-state index contributed by atoms with van der Waals surface area (Å²) in [6.45, 7) is 2.63. The number of benzene rings is 1. The molecule has 0 spiro atoms. The number of amides is 1. The van der Waals surface area contributed by atoms with Crippen LogP contribution in [0, 0.1) is 18.8 Å². The topological polar surface area (TPSA) is 66.6 Å². The first-order valence-corrected chi connectivity index (χ1v) is 6.88. The Hall–Kier alpha value is -1.83. The maximum Gasteiger partial charge on any atom is 0.254 e. The number of aliphatic hydroxyl groups excluding tert-OH is 1. The van der Waals surface area contributed by atoms with Gasteiger partial charge in [-0.2, -0.15) is 0 Å². The first-order chi connectivity index (χ1) is 9.65. The molecule has 1 aromatic carbocycles. The van der Waals surface area contributed by atoms with E-state index in [9.17, 15) is 4.79 Å². The Morgan fingerprint density at radius 1 is 1.45 bits per heavy atom. The molecule has 0 aliphatic heterocycles. The Balaban J connectivity index is 2.26. The van der Waals surface area contributed by atoms with Crippen molar-refractivity contribution in [2.75, 3.05) is 19.7 Å². The third-order valence-electron chi connectivity index (χ3n) is 3.25. The van der Waals surface area contributed by atoms with E-state index in [2.05, 4.69) is 11.8 Å². The number of aryl methyl sites for hydroxylation is 1. The SMILES string of the molecule is Cc1cc(C#CCN)cc(C(=O)N(CCO)C2CC2)c1. The maximum atomic E-state index is 12.5. The highest BCUT2D eigenvalue weighted by molar-refractivity contribution is 5.95. The van der Waals surface area contributed by atoms with Crippen LogP contribution in [0.5, 0.6) is 0 Å². The fraction of sp³-hybridized carbons (Fsp3) is 0.438. The molecule has 1 saturated carbocycles. The largest absolute Gasteiger partial charge is 0.395 e. The highest BCUT2D eigenvalue weighted by atomic mass is 16.3. The van der Waals surface area contributed by atoms with E-state index in [-0.39, 0.29) is 18.6 Å². The van der Waals surface area contributed by atoms with Crippen molar-refractivity contribution in [3.8, 4) is 11.8 Å². The lowest BCUT2D eigenvalue weighted by Crippen LogP contribution is -2.35. The number of nitrogens with zero attached hydrogens (tertiary/aromatic N) is 1. The fourth-order valence-corrected chi connectivity index (χ4v) is 2.24. The van der Waals surface area contributed by atoms with Crippen molar-refractivity contribution < 1.29 is 9.90 Å². The highest BCUT2D eigenvalue weighted by Crippen LogP contribution is 2.28. The summed E-state index contributed by atoms with van der Waals surface area (Å²) in [7, 11) is 0. The molecule has 4 nitrogen and oxygen atoms in total. The summed E-state index contributed by atoms with van der Waals surface area (Å²) in [6, 6.07) is 5.88. The van der Waals surface area contributed by atoms with Crippen molar-refractivity contribution in [3.63, 3.8) is 0 Å². The zero-order valence-electron chi connectivity index (χ0n) is 11.7. The minimum Gasteiger partial charge on any atom is -0.395 e. The molecule has 0 heterocycles. The predicted molar refractivity (Wildman–Crippen MR) is 78.3 cm³/mol. The van der Waals surface area contributed by atoms with Gasteiger partial charge in [0.2, 0.25) is 0 Å². The number of rotatable bonds is 4. The summed E-state index contributed by atoms with van der Waals surface area (Å²) < 4.78 is 0. The van der Waals surface area contributed by atoms with E-state index >= 15 is 0 Å². The minimum absolute atomic E-state index is 0.00606. The van der Waals surface area contributed by atoms with Crippen molar-refractivity contribution >= 4 is 5.91 Å². The van der Waals surface area contributed by atoms with Crippen molar-refractivity contribution in [3.05, 3.63) is 34.9 Å². The van der Waals surface area contributed by atoms with Crippen LogP contribution in [0.1, 0.15) is 34.3 Å². The first-order valence-electron chi connectivity index (χ1n) is 6.88. The minimum atomic E-state index is -0.0268. The fourth-order valence-electron chi connectivity index (χ4n) is 2.24. The Kier molecular flexibility index (Phi) is 4.78. The molecule has 0 aromatic heterocycles. The molecule has 3 N–H and O–H groups in total. The Labute approximate surface area is 119 Å². The lowest BCUT2D eigenvalue weighted by atomic mass is 10.1. The zero-order chi connectivity index (χ0) is 14.5. The second kappa shape index (κ2) is 6.56. The summed E-state index contributed by atoms with van der Waals surface area (Å²) >= 11 is 0. The number of carbonyl (C=O) groups is 1. The summed E-state index contributed by atoms with van der Waals surface area (Å²) in [4.78, 5) is 14.3. The number of aliphatic hydroxyl groups is 1. The highest BCUT2D eigenvalue weighted by Gasteiger charge is 2.32. The zero-order valence-corrected chi connectivity index (χ0v) is 11.7. The summed E-state index contributed by atoms with van der Waals surface area (Å²) in [6.07, 6.45) is 2.05. The molecule has 1 fully saturated rings. The number of hydrogen-bond acceptors (Lipinski definition) is 3. The third kappa shape index (κ3) is 3.60. The van der Waals surface area contributed by atoms with Gasteiger partial charge in [-0.05, 0) is 43.5 Å². The van der Waals surface area contributed by atoms with E-state index in [1.807, 2.05) is 19.1 Å². The van der Waals surface area contributed by atoms with Gasteiger partial charge in [-0.1, -0.05) is 11.8 Å². The van der Waals surface area contributed by atoms with Crippen LogP contribution < -0.4 is 5.73 Å². The second-order valence-corrected chi connectivity index (χ2v) is 5.05. The van der Waals surface area contributed by atoms with Gasteiger partial charge in [0.15, 0.2) is 0 Å². The molecule has 2 rings (SSSR count). The van der Waals surface area contributed by atoms with Gasteiger partial charge in [0.25, 0.3) is 5.91 Å². The second-order valence-electron chi connectivity index (χ2n) is 5.05. The van der Waals surface area contributed by atoms with Gasteiger partial charge in [-0.15, -0.1) is 0 Å². The van der Waals surface area contributed by atoms with Crippen LogP contribution in [0.3, 0.4) is 0 Å². The molecule has 4 heteroatoms. The molecule has 1 aromatic rings. The number of hydrogen-bond donors (Lipinski definition) is 2. The van der Waals surface area contributed by atoms with Crippen molar-refractivity contribution in [1.82, 2.24) is 4.90 Å². The van der Waals surface area contributed by atoms with E-state index in [1.54, 1.807) is 11.0 Å². The predicted octanol–water partition coefficient (Wildman–Crippen LogP) is 0.902. The van der Waals surface area contributed by atoms with Crippen LogP contribution in [0.2, 0.25) is 0 Å². The standard InChI is InChI=1S/C16H20N2O2/c1-12-9-13(3-2-6-17)11-14(10-12)16(20)18(7-8-19)15-4-5-15/h9-11,15,19H,4-8,17H2,1H3. The Morgan fingerprint density at radius 2 is 2.20 bits per heavy atom. The first kappa shape index (κ1) is 14.6. The number of nitrogens with two attached hydrogens (primary N) is 1. The Morgan fingerprint density at radius 3 is 2.80 bits per heavy atom. The lowest BCUT2D eigenvalue weighted by Gasteiger charge is -2.21. The van der Waals surface area contributed by atoms with Crippen molar-refractivity contribution in [1.29, 1.82) is 0 Å². The molecule has 0 saturated heterocycles. The normalized spacial score (nSPS) is 13.6. The van der Waals surface area contributed by atoms with Crippen molar-refractivity contribution in [2.45, 2.75) is 25.8 Å². The molecule has 0 radical (unpaired) electrons. The molecule has 106 valence electrons. The van der Waals surface area contributed by atoms with E-state index in [0.717, 1.165) is 24.0 Å². The van der Waals surface area contributed by atoms with Gasteiger partial charge < -0.3 is 15.7 Å². The van der Waals surface area contributed by atoms with Crippen LogP contribution in [0.4, 0.5) is 0 Å².